The van der Waals surface area contributed by atoms with Gasteiger partial charge in [-0.15, -0.1) is 0 Å². The van der Waals surface area contributed by atoms with Gasteiger partial charge in [-0.25, -0.2) is 4.79 Å². The number of rotatable bonds is 4. The molecule has 0 spiro atoms. The minimum Gasteiger partial charge on any atom is -0.462 e. The maximum absolute atomic E-state index is 12.5. The van der Waals surface area contributed by atoms with Gasteiger partial charge in [0.25, 0.3) is 0 Å². The van der Waals surface area contributed by atoms with E-state index in [0.29, 0.717) is 12.2 Å². The van der Waals surface area contributed by atoms with Crippen LogP contribution in [-0.2, 0) is 28.5 Å². The topological polar surface area (TPSA) is 56.6 Å². The van der Waals surface area contributed by atoms with Gasteiger partial charge in [0.15, 0.2) is 0 Å². The quantitative estimate of drug-likeness (QED) is 0.526. The molecule has 0 amide bonds. The number of piperidine rings is 1. The van der Waals surface area contributed by atoms with Crippen molar-refractivity contribution in [1.29, 1.82) is 0 Å². The SMILES string of the molecule is CO[C@@]12C[C@H](COC(=O)c3cncc(Br)c3)CN(C)[C@H]1Cc1cn(C)c3cccc2c13. The second kappa shape index (κ2) is 7.73. The minimum absolute atomic E-state index is 0.172. The molecule has 2 aromatic heterocycles. The number of nitrogens with zero attached hydrogens (tertiary/aromatic N) is 3. The van der Waals surface area contributed by atoms with E-state index in [9.17, 15) is 4.79 Å². The Bertz CT molecular complexity index is 1160. The van der Waals surface area contributed by atoms with Crippen molar-refractivity contribution in [2.45, 2.75) is 24.5 Å². The molecule has 3 atom stereocenters. The number of esters is 1. The number of aromatic nitrogens is 2. The zero-order chi connectivity index (χ0) is 21.8. The lowest BCUT2D eigenvalue weighted by atomic mass is 9.69. The molecule has 162 valence electrons. The van der Waals surface area contributed by atoms with Gasteiger partial charge in [-0.1, -0.05) is 12.1 Å². The number of halogens is 1. The van der Waals surface area contributed by atoms with Crippen LogP contribution in [-0.4, -0.2) is 53.8 Å². The fourth-order valence-electron chi connectivity index (χ4n) is 5.63. The van der Waals surface area contributed by atoms with Crippen molar-refractivity contribution >= 4 is 32.8 Å². The number of carbonyl (C=O) groups is 1. The maximum atomic E-state index is 12.5. The molecule has 0 unspecified atom stereocenters. The van der Waals surface area contributed by atoms with Crippen LogP contribution < -0.4 is 0 Å². The van der Waals surface area contributed by atoms with E-state index in [-0.39, 0.29) is 17.9 Å². The van der Waals surface area contributed by atoms with Crippen LogP contribution in [0.5, 0.6) is 0 Å². The lowest BCUT2D eigenvalue weighted by molar-refractivity contribution is -0.131. The number of pyridine rings is 1. The molecule has 3 aromatic rings. The first-order valence-electron chi connectivity index (χ1n) is 10.5. The number of hydrogen-bond donors (Lipinski definition) is 0. The molecule has 1 aromatic carbocycles. The largest absolute Gasteiger partial charge is 0.462 e. The molecule has 0 bridgehead atoms. The van der Waals surface area contributed by atoms with Crippen LogP contribution in [0.4, 0.5) is 0 Å². The summed E-state index contributed by atoms with van der Waals surface area (Å²) in [5, 5.41) is 1.31. The van der Waals surface area contributed by atoms with Gasteiger partial charge in [0.2, 0.25) is 0 Å². The van der Waals surface area contributed by atoms with E-state index in [1.807, 2.05) is 7.11 Å². The average Bonchev–Trinajstić information content (AvgIpc) is 3.09. The molecule has 7 heteroatoms. The zero-order valence-corrected chi connectivity index (χ0v) is 19.6. The van der Waals surface area contributed by atoms with Crippen molar-refractivity contribution in [2.75, 3.05) is 27.3 Å². The Kier molecular flexibility index (Phi) is 5.15. The molecule has 1 saturated heterocycles. The highest BCUT2D eigenvalue weighted by Crippen LogP contribution is 2.49. The first-order chi connectivity index (χ1) is 14.9. The summed E-state index contributed by atoms with van der Waals surface area (Å²) in [6.07, 6.45) is 7.20. The number of benzene rings is 1. The van der Waals surface area contributed by atoms with E-state index in [1.165, 1.54) is 28.2 Å². The molecule has 3 heterocycles. The Morgan fingerprint density at radius 2 is 2.16 bits per heavy atom. The third kappa shape index (κ3) is 3.30. The molecule has 0 N–H and O–H groups in total. The molecule has 5 rings (SSSR count). The van der Waals surface area contributed by atoms with E-state index < -0.39 is 5.60 Å². The fourth-order valence-corrected chi connectivity index (χ4v) is 5.99. The molecule has 1 aliphatic carbocycles. The van der Waals surface area contributed by atoms with E-state index >= 15 is 0 Å². The average molecular weight is 484 g/mol. The number of fused-ring (bicyclic) bond motifs is 2. The number of methoxy groups -OCH3 is 1. The Morgan fingerprint density at radius 1 is 1.32 bits per heavy atom. The van der Waals surface area contributed by atoms with Crippen LogP contribution in [0, 0.1) is 5.92 Å². The molecule has 0 radical (unpaired) electrons. The number of hydrogen-bond acceptors (Lipinski definition) is 5. The third-order valence-electron chi connectivity index (χ3n) is 6.93. The van der Waals surface area contributed by atoms with Crippen molar-refractivity contribution in [3.05, 3.63) is 64.0 Å². The van der Waals surface area contributed by atoms with Crippen molar-refractivity contribution in [2.24, 2.45) is 13.0 Å². The highest BCUT2D eigenvalue weighted by Gasteiger charge is 2.51. The second-order valence-electron chi connectivity index (χ2n) is 8.78. The monoisotopic (exact) mass is 483 g/mol. The van der Waals surface area contributed by atoms with Crippen molar-refractivity contribution < 1.29 is 14.3 Å². The number of likely N-dealkylation sites (N-methyl/N-ethyl adjacent to an activating group) is 1. The van der Waals surface area contributed by atoms with Gasteiger partial charge in [-0.05, 0) is 59.1 Å². The van der Waals surface area contributed by atoms with Gasteiger partial charge in [0.05, 0.1) is 12.2 Å². The smallest absolute Gasteiger partial charge is 0.339 e. The molecular formula is C24H26BrN3O3. The summed E-state index contributed by atoms with van der Waals surface area (Å²) in [6, 6.07) is 8.47. The van der Waals surface area contributed by atoms with Crippen LogP contribution in [0.1, 0.15) is 27.9 Å². The van der Waals surface area contributed by atoms with Crippen molar-refractivity contribution in [3.63, 3.8) is 0 Å². The van der Waals surface area contributed by atoms with Gasteiger partial charge < -0.3 is 14.0 Å². The molecule has 2 aliphatic rings. The van der Waals surface area contributed by atoms with Crippen LogP contribution in [0.15, 0.2) is 47.3 Å². The van der Waals surface area contributed by atoms with E-state index in [1.54, 1.807) is 12.3 Å². The highest BCUT2D eigenvalue weighted by atomic mass is 79.9. The van der Waals surface area contributed by atoms with E-state index in [0.717, 1.165) is 23.9 Å². The highest BCUT2D eigenvalue weighted by molar-refractivity contribution is 9.10. The first-order valence-corrected chi connectivity index (χ1v) is 11.3. The Morgan fingerprint density at radius 3 is 2.94 bits per heavy atom. The molecule has 31 heavy (non-hydrogen) atoms. The van der Waals surface area contributed by atoms with Crippen molar-refractivity contribution in [1.82, 2.24) is 14.5 Å². The van der Waals surface area contributed by atoms with Gasteiger partial charge in [0, 0.05) is 66.6 Å². The van der Waals surface area contributed by atoms with E-state index in [4.69, 9.17) is 9.47 Å². The molecule has 6 nitrogen and oxygen atoms in total. The minimum atomic E-state index is -0.421. The lowest BCUT2D eigenvalue weighted by Crippen LogP contribution is -2.59. The lowest BCUT2D eigenvalue weighted by Gasteiger charge is -2.53. The summed E-state index contributed by atoms with van der Waals surface area (Å²) >= 11 is 3.35. The number of aryl methyl sites for hydroxylation is 1. The predicted molar refractivity (Wildman–Crippen MR) is 122 cm³/mol. The molecular weight excluding hydrogens is 458 g/mol. The summed E-state index contributed by atoms with van der Waals surface area (Å²) < 4.78 is 15.0. The molecule has 1 fully saturated rings. The van der Waals surface area contributed by atoms with Gasteiger partial charge in [-0.3, -0.25) is 9.88 Å². The normalized spacial score (nSPS) is 25.4. The number of likely N-dealkylation sites (tertiary alicyclic amines) is 1. The van der Waals surface area contributed by atoms with Crippen LogP contribution in [0.2, 0.25) is 0 Å². The summed E-state index contributed by atoms with van der Waals surface area (Å²) in [6.45, 7) is 1.21. The summed E-state index contributed by atoms with van der Waals surface area (Å²) in [5.41, 5.74) is 3.90. The standard InChI is InChI=1S/C24H26BrN3O3/c1-27-13-17-8-21-24(30-3,19-5-4-6-20(27)22(17)19)9-15(12-28(21)2)14-31-23(29)16-7-18(25)11-26-10-16/h4-7,10-11,13,15,21H,8-9,12,14H2,1-3H3/t15-,21-,24+/m0/s1. The summed E-state index contributed by atoms with van der Waals surface area (Å²) in [5.74, 6) is -0.174. The number of carbonyl (C=O) groups excluding carboxylic acids is 1. The fraction of sp³-hybridized carbons (Fsp3) is 0.417. The van der Waals surface area contributed by atoms with Gasteiger partial charge >= 0.3 is 5.97 Å². The van der Waals surface area contributed by atoms with Crippen LogP contribution in [0.25, 0.3) is 10.9 Å². The molecule has 0 saturated carbocycles. The van der Waals surface area contributed by atoms with Crippen molar-refractivity contribution in [3.8, 4) is 0 Å². The Labute approximate surface area is 190 Å². The second-order valence-corrected chi connectivity index (χ2v) is 9.69. The summed E-state index contributed by atoms with van der Waals surface area (Å²) in [4.78, 5) is 19.0. The predicted octanol–water partition coefficient (Wildman–Crippen LogP) is 3.91. The van der Waals surface area contributed by atoms with Crippen LogP contribution >= 0.6 is 15.9 Å². The van der Waals surface area contributed by atoms with Crippen LogP contribution in [0.3, 0.4) is 0 Å². The Hall–Kier alpha value is -2.22. The summed E-state index contributed by atoms with van der Waals surface area (Å²) in [7, 11) is 6.07. The third-order valence-corrected chi connectivity index (χ3v) is 7.36. The number of ether oxygens (including phenoxy) is 2. The van der Waals surface area contributed by atoms with Gasteiger partial charge in [-0.2, -0.15) is 0 Å². The maximum Gasteiger partial charge on any atom is 0.339 e. The zero-order valence-electron chi connectivity index (χ0n) is 18.0. The van der Waals surface area contributed by atoms with E-state index in [2.05, 4.69) is 68.9 Å². The van der Waals surface area contributed by atoms with Gasteiger partial charge in [0.1, 0.15) is 5.60 Å². The first kappa shape index (κ1) is 20.7. The Balaban J connectivity index is 1.44. The molecule has 1 aliphatic heterocycles.